The van der Waals surface area contributed by atoms with Gasteiger partial charge in [-0.05, 0) is 31.5 Å². The van der Waals surface area contributed by atoms with Gasteiger partial charge in [-0.2, -0.15) is 0 Å². The van der Waals surface area contributed by atoms with Gasteiger partial charge in [0.25, 0.3) is 0 Å². The lowest BCUT2D eigenvalue weighted by atomic mass is 10.2. The van der Waals surface area contributed by atoms with Gasteiger partial charge in [0.15, 0.2) is 0 Å². The van der Waals surface area contributed by atoms with E-state index >= 15 is 0 Å². The van der Waals surface area contributed by atoms with E-state index in [1.54, 1.807) is 6.92 Å². The summed E-state index contributed by atoms with van der Waals surface area (Å²) < 4.78 is 11.2. The summed E-state index contributed by atoms with van der Waals surface area (Å²) in [5.41, 5.74) is 9.77. The molecule has 1 aromatic heterocycles. The van der Waals surface area contributed by atoms with Crippen LogP contribution in [0.15, 0.2) is 33.8 Å². The number of rotatable bonds is 5. The largest absolute Gasteiger partial charge is 0.493 e. The third kappa shape index (κ3) is 2.86. The zero-order valence-electron chi connectivity index (χ0n) is 10.8. The van der Waals surface area contributed by atoms with Crippen LogP contribution in [0, 0.1) is 6.92 Å². The number of aryl methyl sites for hydroxylation is 1. The molecule has 6 nitrogen and oxygen atoms in total. The summed E-state index contributed by atoms with van der Waals surface area (Å²) in [4.78, 5) is 7.07. The summed E-state index contributed by atoms with van der Waals surface area (Å²) in [5, 5.41) is 3.50. The minimum atomic E-state index is 0.183. The lowest BCUT2D eigenvalue weighted by Crippen LogP contribution is -1.93. The van der Waals surface area contributed by atoms with Crippen molar-refractivity contribution in [2.75, 3.05) is 6.61 Å². The fraction of sp³-hybridized carbons (Fsp3) is 0.308. The van der Waals surface area contributed by atoms with Gasteiger partial charge >= 0.3 is 0 Å². The monoisotopic (exact) mass is 258 g/mol. The Bertz CT molecular complexity index is 615. The van der Waals surface area contributed by atoms with Crippen LogP contribution >= 0.6 is 0 Å². The maximum Gasteiger partial charge on any atom is 0.230 e. The number of oxazole rings is 1. The van der Waals surface area contributed by atoms with Gasteiger partial charge in [0.1, 0.15) is 11.5 Å². The Labute approximate surface area is 110 Å². The third-order valence-corrected chi connectivity index (χ3v) is 2.59. The summed E-state index contributed by atoms with van der Waals surface area (Å²) in [6.45, 7) is 4.47. The molecule has 0 fully saturated rings. The van der Waals surface area contributed by atoms with Crippen molar-refractivity contribution in [3.05, 3.63) is 46.2 Å². The molecule has 6 heteroatoms. The molecule has 2 aromatic rings. The lowest BCUT2D eigenvalue weighted by molar-refractivity contribution is 0.340. The minimum absolute atomic E-state index is 0.183. The Morgan fingerprint density at radius 3 is 2.95 bits per heavy atom. The topological polar surface area (TPSA) is 84.0 Å². The molecule has 0 saturated heterocycles. The Balaban J connectivity index is 2.39. The number of para-hydroxylation sites is 1. The number of nitrogens with zero attached hydrogens (tertiary/aromatic N) is 4. The molecule has 0 bridgehead atoms. The highest BCUT2D eigenvalue weighted by molar-refractivity contribution is 5.63. The van der Waals surface area contributed by atoms with Gasteiger partial charge in [0.2, 0.25) is 5.89 Å². The van der Waals surface area contributed by atoms with Crippen LogP contribution in [-0.2, 0) is 6.54 Å². The SMILES string of the molecule is CCOc1ccccc1-c1nc(CN=[N+]=[N-])c(C)o1. The molecule has 0 N–H and O–H groups in total. The van der Waals surface area contributed by atoms with Gasteiger partial charge in [-0.1, -0.05) is 17.2 Å². The predicted octanol–water partition coefficient (Wildman–Crippen LogP) is 3.86. The lowest BCUT2D eigenvalue weighted by Gasteiger charge is -2.06. The molecule has 2 rings (SSSR count). The quantitative estimate of drug-likeness (QED) is 0.463. The number of hydrogen-bond donors (Lipinski definition) is 0. The number of azide groups is 1. The van der Waals surface area contributed by atoms with Gasteiger partial charge in [-0.15, -0.1) is 0 Å². The number of aromatic nitrogens is 1. The second-order valence-corrected chi connectivity index (χ2v) is 3.84. The predicted molar refractivity (Wildman–Crippen MR) is 70.7 cm³/mol. The first-order valence-corrected chi connectivity index (χ1v) is 5.95. The average molecular weight is 258 g/mol. The van der Waals surface area contributed by atoms with Crippen LogP contribution in [0.25, 0.3) is 21.9 Å². The van der Waals surface area contributed by atoms with E-state index in [1.165, 1.54) is 0 Å². The van der Waals surface area contributed by atoms with Crippen molar-refractivity contribution in [1.29, 1.82) is 0 Å². The Hall–Kier alpha value is -2.46. The Kier molecular flexibility index (Phi) is 4.05. The molecule has 19 heavy (non-hydrogen) atoms. The van der Waals surface area contributed by atoms with Gasteiger partial charge < -0.3 is 9.15 Å². The zero-order chi connectivity index (χ0) is 13.7. The van der Waals surface area contributed by atoms with Crippen LogP contribution in [0.5, 0.6) is 5.75 Å². The molecule has 0 aliphatic rings. The highest BCUT2D eigenvalue weighted by Gasteiger charge is 2.14. The average Bonchev–Trinajstić information content (AvgIpc) is 2.79. The molecule has 0 radical (unpaired) electrons. The molecular weight excluding hydrogens is 244 g/mol. The van der Waals surface area contributed by atoms with Gasteiger partial charge in [-0.25, -0.2) is 4.98 Å². The van der Waals surface area contributed by atoms with Gasteiger partial charge in [0, 0.05) is 4.91 Å². The van der Waals surface area contributed by atoms with Crippen LogP contribution < -0.4 is 4.74 Å². The second-order valence-electron chi connectivity index (χ2n) is 3.84. The zero-order valence-corrected chi connectivity index (χ0v) is 10.8. The Morgan fingerprint density at radius 2 is 2.21 bits per heavy atom. The van der Waals surface area contributed by atoms with Crippen molar-refractivity contribution in [2.45, 2.75) is 20.4 Å². The third-order valence-electron chi connectivity index (χ3n) is 2.59. The standard InChI is InChI=1S/C13H14N4O2/c1-3-18-12-7-5-4-6-10(12)13-16-11(8-15-17-14)9(2)19-13/h4-7H,3,8H2,1-2H3. The number of benzene rings is 1. The molecule has 0 aliphatic carbocycles. The summed E-state index contributed by atoms with van der Waals surface area (Å²) in [6.07, 6.45) is 0. The van der Waals surface area contributed by atoms with E-state index < -0.39 is 0 Å². The molecule has 0 spiro atoms. The van der Waals surface area contributed by atoms with E-state index in [0.717, 1.165) is 11.3 Å². The first-order chi connectivity index (χ1) is 9.26. The van der Waals surface area contributed by atoms with Crippen molar-refractivity contribution in [1.82, 2.24) is 4.98 Å². The second kappa shape index (κ2) is 5.93. The van der Waals surface area contributed by atoms with E-state index in [2.05, 4.69) is 15.0 Å². The van der Waals surface area contributed by atoms with Gasteiger partial charge in [-0.3, -0.25) is 0 Å². The summed E-state index contributed by atoms with van der Waals surface area (Å²) >= 11 is 0. The highest BCUT2D eigenvalue weighted by atomic mass is 16.5. The van der Waals surface area contributed by atoms with Crippen molar-refractivity contribution < 1.29 is 9.15 Å². The first kappa shape index (κ1) is 13.0. The highest BCUT2D eigenvalue weighted by Crippen LogP contribution is 2.30. The van der Waals surface area contributed by atoms with E-state index in [-0.39, 0.29) is 6.54 Å². The fourth-order valence-corrected chi connectivity index (χ4v) is 1.71. The van der Waals surface area contributed by atoms with E-state index in [1.807, 2.05) is 31.2 Å². The van der Waals surface area contributed by atoms with Gasteiger partial charge in [0.05, 0.1) is 24.4 Å². The van der Waals surface area contributed by atoms with E-state index in [0.29, 0.717) is 24.0 Å². The number of ether oxygens (including phenoxy) is 1. The molecule has 0 amide bonds. The molecule has 0 atom stereocenters. The van der Waals surface area contributed by atoms with Crippen molar-refractivity contribution in [2.24, 2.45) is 5.11 Å². The van der Waals surface area contributed by atoms with Crippen molar-refractivity contribution in [3.63, 3.8) is 0 Å². The van der Waals surface area contributed by atoms with Crippen LogP contribution in [0.1, 0.15) is 18.4 Å². The number of hydrogen-bond acceptors (Lipinski definition) is 4. The maximum absolute atomic E-state index is 8.34. The molecule has 0 unspecified atom stereocenters. The van der Waals surface area contributed by atoms with Crippen LogP contribution in [0.3, 0.4) is 0 Å². The molecule has 0 saturated carbocycles. The minimum Gasteiger partial charge on any atom is -0.493 e. The molecule has 1 aromatic carbocycles. The maximum atomic E-state index is 8.34. The van der Waals surface area contributed by atoms with E-state index in [4.69, 9.17) is 14.7 Å². The van der Waals surface area contributed by atoms with Crippen molar-refractivity contribution >= 4 is 0 Å². The Morgan fingerprint density at radius 1 is 1.42 bits per heavy atom. The summed E-state index contributed by atoms with van der Waals surface area (Å²) in [6, 6.07) is 7.54. The molecule has 98 valence electrons. The molecule has 1 heterocycles. The normalized spacial score (nSPS) is 10.0. The first-order valence-electron chi connectivity index (χ1n) is 5.95. The van der Waals surface area contributed by atoms with Crippen LogP contribution in [0.4, 0.5) is 0 Å². The summed E-state index contributed by atoms with van der Waals surface area (Å²) in [5.74, 6) is 1.85. The smallest absolute Gasteiger partial charge is 0.230 e. The van der Waals surface area contributed by atoms with Crippen LogP contribution in [-0.4, -0.2) is 11.6 Å². The van der Waals surface area contributed by atoms with Crippen LogP contribution in [0.2, 0.25) is 0 Å². The van der Waals surface area contributed by atoms with E-state index in [9.17, 15) is 0 Å². The molecule has 0 aliphatic heterocycles. The summed E-state index contributed by atoms with van der Waals surface area (Å²) in [7, 11) is 0. The fourth-order valence-electron chi connectivity index (χ4n) is 1.71. The molecular formula is C13H14N4O2. The van der Waals surface area contributed by atoms with Crippen molar-refractivity contribution in [3.8, 4) is 17.2 Å².